The summed E-state index contributed by atoms with van der Waals surface area (Å²) in [6.45, 7) is 4.25. The van der Waals surface area contributed by atoms with Crippen molar-refractivity contribution in [1.82, 2.24) is 0 Å². The number of benzene rings is 2. The van der Waals surface area contributed by atoms with E-state index >= 15 is 0 Å². The molecule has 0 aromatic heterocycles. The van der Waals surface area contributed by atoms with Crippen LogP contribution in [0.5, 0.6) is 11.5 Å². The van der Waals surface area contributed by atoms with Gasteiger partial charge in [-0.2, -0.15) is 16.8 Å². The number of carbonyl (C=O) groups is 2. The number of phenols is 2. The fourth-order valence-corrected chi connectivity index (χ4v) is 2.71. The van der Waals surface area contributed by atoms with Crippen molar-refractivity contribution < 1.29 is 61.1 Å². The minimum absolute atomic E-state index is 0.306. The smallest absolute Gasteiger partial charge is 0.339 e. The van der Waals surface area contributed by atoms with Crippen molar-refractivity contribution in [1.29, 1.82) is 0 Å². The number of rotatable bonds is 5. The Hall–Kier alpha value is -3.24. The molecular weight excluding hydrogens is 488 g/mol. The van der Waals surface area contributed by atoms with E-state index in [-0.39, 0.29) is 0 Å². The zero-order chi connectivity index (χ0) is 26.1. The van der Waals surface area contributed by atoms with E-state index in [0.717, 1.165) is 24.3 Å². The van der Waals surface area contributed by atoms with Gasteiger partial charge in [-0.05, 0) is 42.3 Å². The van der Waals surface area contributed by atoms with Gasteiger partial charge < -0.3 is 25.5 Å². The summed E-state index contributed by atoms with van der Waals surface area (Å²) >= 11 is 0. The summed E-state index contributed by atoms with van der Waals surface area (Å²) in [6.07, 6.45) is 0. The Labute approximate surface area is 188 Å². The number of aliphatic hydroxyl groups is 1. The summed E-state index contributed by atoms with van der Waals surface area (Å²) in [4.78, 5) is 19.8. The first-order chi connectivity index (χ1) is 14.9. The molecule has 0 spiro atoms. The first-order valence-corrected chi connectivity index (χ1v) is 11.5. The highest BCUT2D eigenvalue weighted by Crippen LogP contribution is 2.21. The van der Waals surface area contributed by atoms with Crippen LogP contribution in [0.2, 0.25) is 0 Å². The van der Waals surface area contributed by atoms with E-state index in [9.17, 15) is 26.4 Å². The van der Waals surface area contributed by atoms with Gasteiger partial charge in [0.15, 0.2) is 0 Å². The standard InChI is InChI=1S/2C7H6O6S.C4H10O/c2*8-6-2-1-4(14(11,12)13)3-5(6)7(9)10;1-4(2)3-5/h2*1-3,8H,(H,9,10)(H,11,12,13);4-5H,3H2,1-2H3. The predicted molar refractivity (Wildman–Crippen MR) is 112 cm³/mol. The molecule has 0 bridgehead atoms. The lowest BCUT2D eigenvalue weighted by atomic mass is 10.2. The van der Waals surface area contributed by atoms with Crippen LogP contribution in [0.1, 0.15) is 34.6 Å². The van der Waals surface area contributed by atoms with Crippen molar-refractivity contribution in [2.75, 3.05) is 6.61 Å². The lowest BCUT2D eigenvalue weighted by Crippen LogP contribution is -2.02. The summed E-state index contributed by atoms with van der Waals surface area (Å²) in [5, 5.41) is 43.2. The highest BCUT2D eigenvalue weighted by Gasteiger charge is 2.17. The summed E-state index contributed by atoms with van der Waals surface area (Å²) in [6, 6.07) is 4.91. The van der Waals surface area contributed by atoms with Crippen LogP contribution >= 0.6 is 0 Å². The van der Waals surface area contributed by atoms with Crippen LogP contribution in [0.3, 0.4) is 0 Å². The van der Waals surface area contributed by atoms with E-state index < -0.39 is 64.6 Å². The maximum absolute atomic E-state index is 10.6. The molecule has 0 aliphatic rings. The molecule has 2 rings (SSSR count). The first-order valence-electron chi connectivity index (χ1n) is 8.60. The van der Waals surface area contributed by atoms with Crippen LogP contribution in [0.4, 0.5) is 0 Å². The van der Waals surface area contributed by atoms with Gasteiger partial charge in [0.2, 0.25) is 0 Å². The molecule has 33 heavy (non-hydrogen) atoms. The lowest BCUT2D eigenvalue weighted by Gasteiger charge is -2.01. The normalized spacial score (nSPS) is 11.0. The fraction of sp³-hybridized carbons (Fsp3) is 0.222. The topological polar surface area (TPSA) is 244 Å². The Morgan fingerprint density at radius 1 is 0.758 bits per heavy atom. The molecule has 2 aromatic carbocycles. The third-order valence-electron chi connectivity index (χ3n) is 3.36. The Kier molecular flexibility index (Phi) is 10.9. The molecule has 184 valence electrons. The predicted octanol–water partition coefficient (Wildman–Crippen LogP) is 1.31. The van der Waals surface area contributed by atoms with E-state index in [4.69, 9.17) is 34.6 Å². The molecule has 0 aliphatic carbocycles. The number of carboxylic acids is 2. The Morgan fingerprint density at radius 2 is 1.03 bits per heavy atom. The molecular formula is C18H22O13S2. The van der Waals surface area contributed by atoms with Gasteiger partial charge >= 0.3 is 11.9 Å². The van der Waals surface area contributed by atoms with Gasteiger partial charge in [-0.1, -0.05) is 13.8 Å². The van der Waals surface area contributed by atoms with E-state index in [1.54, 1.807) is 0 Å². The fourth-order valence-electron chi connectivity index (χ4n) is 1.69. The van der Waals surface area contributed by atoms with Gasteiger partial charge in [0, 0.05) is 6.61 Å². The van der Waals surface area contributed by atoms with Crippen LogP contribution in [-0.4, -0.2) is 70.0 Å². The molecule has 13 nitrogen and oxygen atoms in total. The molecule has 0 aliphatic heterocycles. The minimum Gasteiger partial charge on any atom is -0.507 e. The van der Waals surface area contributed by atoms with E-state index in [0.29, 0.717) is 24.7 Å². The summed E-state index contributed by atoms with van der Waals surface area (Å²) in [5.41, 5.74) is -1.17. The van der Waals surface area contributed by atoms with Gasteiger partial charge in [-0.25, -0.2) is 9.59 Å². The molecule has 0 unspecified atom stereocenters. The van der Waals surface area contributed by atoms with Crippen LogP contribution in [0, 0.1) is 5.92 Å². The van der Waals surface area contributed by atoms with Crippen LogP contribution in [0.15, 0.2) is 46.2 Å². The molecule has 0 saturated carbocycles. The van der Waals surface area contributed by atoms with Gasteiger partial charge in [0.25, 0.3) is 20.2 Å². The summed E-state index contributed by atoms with van der Waals surface area (Å²) in [7, 11) is -8.90. The Bertz CT molecular complexity index is 1110. The number of hydrogen-bond acceptors (Lipinski definition) is 9. The average molecular weight is 510 g/mol. The highest BCUT2D eigenvalue weighted by atomic mass is 32.2. The second kappa shape index (κ2) is 12.1. The molecule has 15 heteroatoms. The molecule has 0 heterocycles. The monoisotopic (exact) mass is 510 g/mol. The SMILES string of the molecule is CC(C)CO.O=C(O)c1cc(S(=O)(=O)O)ccc1O.O=C(O)c1cc(S(=O)(=O)O)ccc1O. The molecule has 0 atom stereocenters. The largest absolute Gasteiger partial charge is 0.507 e. The summed E-state index contributed by atoms with van der Waals surface area (Å²) in [5.74, 6) is -3.65. The van der Waals surface area contributed by atoms with Crippen molar-refractivity contribution in [2.24, 2.45) is 5.92 Å². The van der Waals surface area contributed by atoms with Crippen LogP contribution < -0.4 is 0 Å². The average Bonchev–Trinajstić information content (AvgIpc) is 2.67. The molecule has 0 amide bonds. The van der Waals surface area contributed by atoms with E-state index in [1.807, 2.05) is 13.8 Å². The van der Waals surface area contributed by atoms with Gasteiger partial charge in [0.05, 0.1) is 9.79 Å². The highest BCUT2D eigenvalue weighted by molar-refractivity contribution is 7.86. The number of aliphatic hydroxyl groups excluding tert-OH is 1. The first kappa shape index (κ1) is 29.8. The van der Waals surface area contributed by atoms with E-state index in [1.165, 1.54) is 0 Å². The second-order valence-corrected chi connectivity index (χ2v) is 9.34. The quantitative estimate of drug-likeness (QED) is 0.281. The maximum atomic E-state index is 10.6. The maximum Gasteiger partial charge on any atom is 0.339 e. The van der Waals surface area contributed by atoms with Crippen molar-refractivity contribution in [3.05, 3.63) is 47.5 Å². The van der Waals surface area contributed by atoms with Crippen molar-refractivity contribution >= 4 is 32.2 Å². The van der Waals surface area contributed by atoms with Gasteiger partial charge in [0.1, 0.15) is 22.6 Å². The number of aromatic hydroxyl groups is 2. The third kappa shape index (κ3) is 10.3. The van der Waals surface area contributed by atoms with Crippen LogP contribution in [-0.2, 0) is 20.2 Å². The second-order valence-electron chi connectivity index (χ2n) is 6.49. The Morgan fingerprint density at radius 3 is 1.21 bits per heavy atom. The minimum atomic E-state index is -4.45. The molecule has 0 radical (unpaired) electrons. The number of hydrogen-bond donors (Lipinski definition) is 7. The van der Waals surface area contributed by atoms with Gasteiger partial charge in [-0.15, -0.1) is 0 Å². The van der Waals surface area contributed by atoms with Crippen LogP contribution in [0.25, 0.3) is 0 Å². The zero-order valence-electron chi connectivity index (χ0n) is 17.1. The van der Waals surface area contributed by atoms with Crippen molar-refractivity contribution in [3.8, 4) is 11.5 Å². The third-order valence-corrected chi connectivity index (χ3v) is 5.06. The molecule has 7 N–H and O–H groups in total. The van der Waals surface area contributed by atoms with E-state index in [2.05, 4.69) is 0 Å². The molecule has 0 saturated heterocycles. The zero-order valence-corrected chi connectivity index (χ0v) is 18.8. The lowest BCUT2D eigenvalue weighted by molar-refractivity contribution is 0.0682. The summed E-state index contributed by atoms with van der Waals surface area (Å²) < 4.78 is 59.6. The van der Waals surface area contributed by atoms with Crippen molar-refractivity contribution in [3.63, 3.8) is 0 Å². The molecule has 0 fully saturated rings. The Balaban J connectivity index is 0.000000517. The van der Waals surface area contributed by atoms with Gasteiger partial charge in [-0.3, -0.25) is 9.11 Å². The number of carboxylic acid groups (broad SMARTS) is 2. The number of aromatic carboxylic acids is 2. The molecule has 2 aromatic rings. The van der Waals surface area contributed by atoms with Crippen molar-refractivity contribution in [2.45, 2.75) is 23.6 Å².